The maximum absolute atomic E-state index is 14.2. The molecule has 39 heavy (non-hydrogen) atoms. The number of ether oxygens (including phenoxy) is 1. The molecule has 2 saturated heterocycles. The van der Waals surface area contributed by atoms with E-state index in [1.54, 1.807) is 16.7 Å². The Morgan fingerprint density at radius 3 is 2.08 bits per heavy atom. The normalized spacial score (nSPS) is 30.6. The van der Waals surface area contributed by atoms with Crippen LogP contribution in [0.4, 0.5) is 0 Å². The maximum atomic E-state index is 14.2. The molecule has 0 bridgehead atoms. The number of likely N-dealkylation sites (tertiary alicyclic amines) is 1. The molecule has 4 aliphatic rings. The van der Waals surface area contributed by atoms with Gasteiger partial charge < -0.3 is 24.5 Å². The van der Waals surface area contributed by atoms with Gasteiger partial charge in [-0.25, -0.2) is 0 Å². The lowest BCUT2D eigenvalue weighted by atomic mass is 9.77. The Kier molecular flexibility index (Phi) is 6.61. The molecule has 8 heteroatoms. The van der Waals surface area contributed by atoms with Crippen LogP contribution in [0.3, 0.4) is 0 Å². The minimum Gasteiger partial charge on any atom is -0.394 e. The number of hydrogen-bond acceptors (Lipinski definition) is 5. The quantitative estimate of drug-likeness (QED) is 0.582. The fraction of sp³-hybridized carbons (Fsp3) is 0.387. The molecule has 2 aromatic rings. The highest BCUT2D eigenvalue weighted by atomic mass is 16.5. The zero-order chi connectivity index (χ0) is 27.1. The van der Waals surface area contributed by atoms with Crippen LogP contribution in [0.2, 0.25) is 0 Å². The van der Waals surface area contributed by atoms with Crippen LogP contribution >= 0.6 is 0 Å². The van der Waals surface area contributed by atoms with Crippen LogP contribution in [0.5, 0.6) is 0 Å². The van der Waals surface area contributed by atoms with Crippen molar-refractivity contribution in [2.24, 2.45) is 11.8 Å². The van der Waals surface area contributed by atoms with Crippen molar-refractivity contribution in [3.05, 3.63) is 96.1 Å². The van der Waals surface area contributed by atoms with Crippen LogP contribution < -0.4 is 0 Å². The van der Waals surface area contributed by atoms with Crippen molar-refractivity contribution in [1.82, 2.24) is 14.7 Å². The minimum absolute atomic E-state index is 0.160. The topological polar surface area (TPSA) is 90.4 Å². The predicted molar refractivity (Wildman–Crippen MR) is 144 cm³/mol. The van der Waals surface area contributed by atoms with Gasteiger partial charge in [-0.05, 0) is 18.1 Å². The Bertz CT molecular complexity index is 1310. The number of benzene rings is 2. The minimum atomic E-state index is -1.30. The Morgan fingerprint density at radius 1 is 0.872 bits per heavy atom. The molecule has 4 heterocycles. The molecule has 1 unspecified atom stereocenters. The summed E-state index contributed by atoms with van der Waals surface area (Å²) in [5.41, 5.74) is 0.678. The second-order valence-electron chi connectivity index (χ2n) is 10.9. The van der Waals surface area contributed by atoms with Crippen LogP contribution in [-0.4, -0.2) is 81.0 Å². The number of aliphatic hydroxyl groups excluding tert-OH is 1. The van der Waals surface area contributed by atoms with Crippen LogP contribution in [-0.2, 0) is 32.2 Å². The maximum Gasteiger partial charge on any atom is 0.249 e. The standard InChI is InChI=1S/C31H33N3O5/c1-21(20-35)34-27-30(38)33(19-23-12-6-3-7-13-23)17-9-15-31(27)26(29(34)37)25-24(39-31)14-8-16-32(28(25)36)18-22-10-4-2-5-11-22/h2-15,21,24-27,35H,16-20H2,1H3/t21-,24-,25+,26+,27?,31+/m1/s1. The number of hydrogen-bond donors (Lipinski definition) is 1. The third-order valence-electron chi connectivity index (χ3n) is 8.44. The van der Waals surface area contributed by atoms with Gasteiger partial charge in [-0.15, -0.1) is 0 Å². The van der Waals surface area contributed by atoms with Crippen molar-refractivity contribution in [2.75, 3.05) is 19.7 Å². The molecule has 3 amide bonds. The highest BCUT2D eigenvalue weighted by Crippen LogP contribution is 2.54. The zero-order valence-corrected chi connectivity index (χ0v) is 21.9. The fourth-order valence-corrected chi connectivity index (χ4v) is 6.63. The van der Waals surface area contributed by atoms with Crippen LogP contribution in [0, 0.1) is 11.8 Å². The molecule has 0 aliphatic carbocycles. The van der Waals surface area contributed by atoms with E-state index in [4.69, 9.17) is 4.74 Å². The summed E-state index contributed by atoms with van der Waals surface area (Å²) in [4.78, 5) is 47.4. The first-order valence-electron chi connectivity index (χ1n) is 13.5. The molecule has 202 valence electrons. The second kappa shape index (κ2) is 10.1. The summed E-state index contributed by atoms with van der Waals surface area (Å²) in [6, 6.07) is 17.9. The van der Waals surface area contributed by atoms with Crippen LogP contribution in [0.25, 0.3) is 0 Å². The first-order chi connectivity index (χ1) is 18.9. The van der Waals surface area contributed by atoms with Gasteiger partial charge in [0, 0.05) is 26.2 Å². The van der Waals surface area contributed by atoms with Crippen molar-refractivity contribution in [3.63, 3.8) is 0 Å². The third kappa shape index (κ3) is 4.19. The van der Waals surface area contributed by atoms with Gasteiger partial charge in [0.15, 0.2) is 0 Å². The smallest absolute Gasteiger partial charge is 0.249 e. The summed E-state index contributed by atoms with van der Waals surface area (Å²) in [5, 5.41) is 10.1. The van der Waals surface area contributed by atoms with Crippen LogP contribution in [0.15, 0.2) is 85.0 Å². The van der Waals surface area contributed by atoms with E-state index in [1.807, 2.05) is 85.0 Å². The summed E-state index contributed by atoms with van der Waals surface area (Å²) < 4.78 is 6.66. The number of rotatable bonds is 6. The number of aliphatic hydroxyl groups is 1. The SMILES string of the molecule is C[C@H](CO)N1C(=O)[C@@H]2[C@H]3C(=O)N(Cc4ccccc4)CC=C[C@H]3O[C@@]23C=CCN(Cc2ccccc2)C(=O)C13. The van der Waals surface area contributed by atoms with E-state index in [0.717, 1.165) is 11.1 Å². The van der Waals surface area contributed by atoms with E-state index in [-0.39, 0.29) is 24.3 Å². The third-order valence-corrected chi connectivity index (χ3v) is 8.44. The number of carbonyl (C=O) groups is 3. The van der Waals surface area contributed by atoms with Gasteiger partial charge in [0.25, 0.3) is 0 Å². The molecule has 8 nitrogen and oxygen atoms in total. The Labute approximate surface area is 228 Å². The largest absolute Gasteiger partial charge is 0.394 e. The molecule has 6 atom stereocenters. The van der Waals surface area contributed by atoms with Gasteiger partial charge in [-0.2, -0.15) is 0 Å². The first kappa shape index (κ1) is 25.5. The van der Waals surface area contributed by atoms with Crippen molar-refractivity contribution < 1.29 is 24.2 Å². The Morgan fingerprint density at radius 2 is 1.46 bits per heavy atom. The highest BCUT2D eigenvalue weighted by Gasteiger charge is 2.72. The highest BCUT2D eigenvalue weighted by molar-refractivity contribution is 6.00. The molecule has 0 radical (unpaired) electrons. The van der Waals surface area contributed by atoms with Gasteiger partial charge >= 0.3 is 0 Å². The zero-order valence-electron chi connectivity index (χ0n) is 21.9. The molecule has 4 aliphatic heterocycles. The average Bonchev–Trinajstić information content (AvgIpc) is 3.29. The van der Waals surface area contributed by atoms with Gasteiger partial charge in [0.1, 0.15) is 11.6 Å². The number of nitrogens with zero attached hydrogens (tertiary/aromatic N) is 3. The monoisotopic (exact) mass is 527 g/mol. The van der Waals surface area contributed by atoms with E-state index < -0.39 is 35.6 Å². The van der Waals surface area contributed by atoms with E-state index in [1.165, 1.54) is 4.90 Å². The molecule has 0 aromatic heterocycles. The van der Waals surface area contributed by atoms with Gasteiger partial charge in [-0.3, -0.25) is 14.4 Å². The lowest BCUT2D eigenvalue weighted by Gasteiger charge is -2.37. The molecule has 0 saturated carbocycles. The van der Waals surface area contributed by atoms with Gasteiger partial charge in [-0.1, -0.05) is 85.0 Å². The summed E-state index contributed by atoms with van der Waals surface area (Å²) in [5.74, 6) is -2.36. The lowest BCUT2D eigenvalue weighted by Crippen LogP contribution is -2.57. The Hall–Kier alpha value is -3.75. The molecule has 1 N–H and O–H groups in total. The summed E-state index contributed by atoms with van der Waals surface area (Å²) >= 11 is 0. The summed E-state index contributed by atoms with van der Waals surface area (Å²) in [6.07, 6.45) is 6.88. The second-order valence-corrected chi connectivity index (χ2v) is 10.9. The summed E-state index contributed by atoms with van der Waals surface area (Å²) in [7, 11) is 0. The van der Waals surface area contributed by atoms with Gasteiger partial charge in [0.2, 0.25) is 17.7 Å². The van der Waals surface area contributed by atoms with Crippen molar-refractivity contribution >= 4 is 17.7 Å². The van der Waals surface area contributed by atoms with Crippen molar-refractivity contribution in [2.45, 2.75) is 43.8 Å². The number of fused-ring (bicyclic) bond motifs is 2. The van der Waals surface area contributed by atoms with E-state index in [0.29, 0.717) is 26.2 Å². The molecular formula is C31H33N3O5. The van der Waals surface area contributed by atoms with Crippen molar-refractivity contribution in [1.29, 1.82) is 0 Å². The molecule has 1 spiro atoms. The Balaban J connectivity index is 1.38. The van der Waals surface area contributed by atoms with E-state index >= 15 is 0 Å². The molecule has 2 fully saturated rings. The van der Waals surface area contributed by atoms with Crippen molar-refractivity contribution in [3.8, 4) is 0 Å². The molecular weight excluding hydrogens is 494 g/mol. The fourth-order valence-electron chi connectivity index (χ4n) is 6.63. The van der Waals surface area contributed by atoms with Crippen LogP contribution in [0.1, 0.15) is 18.1 Å². The molecule has 2 aromatic carbocycles. The first-order valence-corrected chi connectivity index (χ1v) is 13.5. The van der Waals surface area contributed by atoms with E-state index in [9.17, 15) is 19.5 Å². The van der Waals surface area contributed by atoms with E-state index in [2.05, 4.69) is 0 Å². The lowest BCUT2D eigenvalue weighted by molar-refractivity contribution is -0.151. The molecule has 6 rings (SSSR count). The number of amides is 3. The summed E-state index contributed by atoms with van der Waals surface area (Å²) in [6.45, 7) is 3.00. The average molecular weight is 528 g/mol. The number of carbonyl (C=O) groups excluding carboxylic acids is 3. The van der Waals surface area contributed by atoms with Gasteiger partial charge in [0.05, 0.1) is 30.6 Å². The predicted octanol–water partition coefficient (Wildman–Crippen LogP) is 2.15.